The lowest BCUT2D eigenvalue weighted by atomic mass is 9.80. The van der Waals surface area contributed by atoms with Crippen molar-refractivity contribution in [1.82, 2.24) is 0 Å². The van der Waals surface area contributed by atoms with Crippen LogP contribution >= 0.6 is 0 Å². The van der Waals surface area contributed by atoms with Gasteiger partial charge in [0.05, 0.1) is 5.54 Å². The highest BCUT2D eigenvalue weighted by Crippen LogP contribution is 2.57. The van der Waals surface area contributed by atoms with E-state index < -0.39 is 0 Å². The van der Waals surface area contributed by atoms with Gasteiger partial charge in [0.15, 0.2) is 0 Å². The van der Waals surface area contributed by atoms with Crippen molar-refractivity contribution in [3.63, 3.8) is 0 Å². The number of carbonyl (C=O) groups is 1. The Morgan fingerprint density at radius 1 is 1.05 bits per heavy atom. The molecule has 0 N–H and O–H groups in total. The van der Waals surface area contributed by atoms with Gasteiger partial charge < -0.3 is 0 Å². The Balaban J connectivity index is 2.05. The van der Waals surface area contributed by atoms with Crippen LogP contribution in [0.4, 0.5) is 5.69 Å². The van der Waals surface area contributed by atoms with Gasteiger partial charge in [-0.1, -0.05) is 43.3 Å². The lowest BCUT2D eigenvalue weighted by molar-refractivity contribution is 0.0980. The number of nitrogens with zero attached hydrogens (tertiary/aromatic N) is 1. The molecule has 2 aliphatic rings. The summed E-state index contributed by atoms with van der Waals surface area (Å²) in [5, 5.41) is 0. The van der Waals surface area contributed by atoms with Crippen molar-refractivity contribution in [2.24, 2.45) is 0 Å². The predicted molar refractivity (Wildman–Crippen MR) is 75.5 cm³/mol. The number of hydrogen-bond donors (Lipinski definition) is 0. The zero-order valence-electron chi connectivity index (χ0n) is 11.1. The smallest absolute Gasteiger partial charge is 0.259 e. The second-order valence-corrected chi connectivity index (χ2v) is 5.61. The topological polar surface area (TPSA) is 20.3 Å². The molecule has 0 fully saturated rings. The van der Waals surface area contributed by atoms with E-state index in [2.05, 4.69) is 38.1 Å². The molecule has 0 saturated carbocycles. The number of rotatable bonds is 0. The third-order valence-corrected chi connectivity index (χ3v) is 4.86. The molecule has 2 aromatic carbocycles. The fourth-order valence-electron chi connectivity index (χ4n) is 3.71. The first-order valence-corrected chi connectivity index (χ1v) is 6.68. The van der Waals surface area contributed by atoms with Crippen molar-refractivity contribution in [3.8, 4) is 0 Å². The SMILES string of the molecule is CC1c2ccccc2N2C(=O)c3ccccc3[C@]12C. The zero-order valence-corrected chi connectivity index (χ0v) is 11.1. The van der Waals surface area contributed by atoms with Gasteiger partial charge in [-0.2, -0.15) is 0 Å². The molecule has 19 heavy (non-hydrogen) atoms. The summed E-state index contributed by atoms with van der Waals surface area (Å²) in [4.78, 5) is 14.7. The van der Waals surface area contributed by atoms with Crippen molar-refractivity contribution < 1.29 is 4.79 Å². The lowest BCUT2D eigenvalue weighted by Crippen LogP contribution is -2.40. The van der Waals surface area contributed by atoms with Crippen molar-refractivity contribution in [2.45, 2.75) is 25.3 Å². The van der Waals surface area contributed by atoms with Crippen LogP contribution in [-0.4, -0.2) is 5.91 Å². The summed E-state index contributed by atoms with van der Waals surface area (Å²) in [7, 11) is 0. The van der Waals surface area contributed by atoms with Crippen molar-refractivity contribution >= 4 is 11.6 Å². The van der Waals surface area contributed by atoms with Gasteiger partial charge in [-0.3, -0.25) is 9.69 Å². The molecule has 2 aliphatic heterocycles. The van der Waals surface area contributed by atoms with Crippen LogP contribution in [-0.2, 0) is 5.54 Å². The third kappa shape index (κ3) is 1.06. The number of hydrogen-bond acceptors (Lipinski definition) is 1. The van der Waals surface area contributed by atoms with Crippen LogP contribution in [0.3, 0.4) is 0 Å². The minimum Gasteiger partial charge on any atom is -0.297 e. The highest BCUT2D eigenvalue weighted by Gasteiger charge is 2.55. The molecule has 0 radical (unpaired) electrons. The first-order valence-electron chi connectivity index (χ1n) is 6.68. The maximum atomic E-state index is 12.7. The van der Waals surface area contributed by atoms with Gasteiger partial charge in [0, 0.05) is 17.2 Å². The van der Waals surface area contributed by atoms with E-state index in [1.54, 1.807) is 0 Å². The molecule has 0 aromatic heterocycles. The summed E-state index contributed by atoms with van der Waals surface area (Å²) in [6.07, 6.45) is 0. The number of fused-ring (bicyclic) bond motifs is 5. The number of benzene rings is 2. The Labute approximate surface area is 112 Å². The zero-order chi connectivity index (χ0) is 13.2. The summed E-state index contributed by atoms with van der Waals surface area (Å²) in [5.41, 5.74) is 4.11. The van der Waals surface area contributed by atoms with Gasteiger partial charge in [0.25, 0.3) is 5.91 Å². The largest absolute Gasteiger partial charge is 0.297 e. The van der Waals surface area contributed by atoms with Crippen LogP contribution in [0, 0.1) is 0 Å². The monoisotopic (exact) mass is 249 g/mol. The Bertz CT molecular complexity index is 706. The fourth-order valence-corrected chi connectivity index (χ4v) is 3.71. The molecule has 94 valence electrons. The van der Waals surface area contributed by atoms with E-state index in [1.165, 1.54) is 5.56 Å². The van der Waals surface area contributed by atoms with E-state index in [4.69, 9.17) is 0 Å². The molecular formula is C17H15NO. The maximum absolute atomic E-state index is 12.7. The summed E-state index contributed by atoms with van der Waals surface area (Å²) in [5.74, 6) is 0.450. The standard InChI is InChI=1S/C17H15NO/c1-11-12-7-4-6-10-15(12)18-16(19)13-8-3-5-9-14(13)17(11,18)2/h3-11H,1-2H3/t11?,17-/m0/s1. The molecule has 4 rings (SSSR count). The normalized spacial score (nSPS) is 27.2. The number of carbonyl (C=O) groups excluding carboxylic acids is 1. The maximum Gasteiger partial charge on any atom is 0.259 e. The number of amides is 1. The van der Waals surface area contributed by atoms with Gasteiger partial charge in [0.2, 0.25) is 0 Å². The third-order valence-electron chi connectivity index (χ3n) is 4.86. The Morgan fingerprint density at radius 3 is 2.58 bits per heavy atom. The first-order chi connectivity index (χ1) is 9.15. The van der Waals surface area contributed by atoms with Crippen molar-refractivity contribution in [1.29, 1.82) is 0 Å². The first kappa shape index (κ1) is 10.8. The molecule has 2 aromatic rings. The summed E-state index contributed by atoms with van der Waals surface area (Å²) in [6.45, 7) is 4.40. The van der Waals surface area contributed by atoms with Gasteiger partial charge in [-0.05, 0) is 30.2 Å². The molecule has 0 aliphatic carbocycles. The van der Waals surface area contributed by atoms with Crippen molar-refractivity contribution in [3.05, 3.63) is 65.2 Å². The second-order valence-electron chi connectivity index (χ2n) is 5.61. The molecule has 2 heteroatoms. The summed E-state index contributed by atoms with van der Waals surface area (Å²) >= 11 is 0. The fraction of sp³-hybridized carbons (Fsp3) is 0.235. The van der Waals surface area contributed by atoms with E-state index in [9.17, 15) is 4.79 Å². The lowest BCUT2D eigenvalue weighted by Gasteiger charge is -2.32. The highest BCUT2D eigenvalue weighted by molar-refractivity contribution is 6.13. The van der Waals surface area contributed by atoms with Gasteiger partial charge in [-0.15, -0.1) is 0 Å². The Kier molecular flexibility index (Phi) is 1.86. The minimum absolute atomic E-state index is 0.134. The highest BCUT2D eigenvalue weighted by atomic mass is 16.2. The van der Waals surface area contributed by atoms with E-state index in [0.29, 0.717) is 5.92 Å². The Hall–Kier alpha value is -2.09. The van der Waals surface area contributed by atoms with Crippen LogP contribution < -0.4 is 4.90 Å². The van der Waals surface area contributed by atoms with Crippen molar-refractivity contribution in [2.75, 3.05) is 4.90 Å². The van der Waals surface area contributed by atoms with Gasteiger partial charge in [-0.25, -0.2) is 0 Å². The molecule has 2 nitrogen and oxygen atoms in total. The molecular weight excluding hydrogens is 234 g/mol. The van der Waals surface area contributed by atoms with Gasteiger partial charge >= 0.3 is 0 Å². The predicted octanol–water partition coefficient (Wildman–Crippen LogP) is 3.68. The average molecular weight is 249 g/mol. The number of para-hydroxylation sites is 1. The molecule has 2 atom stereocenters. The molecule has 2 heterocycles. The van der Waals surface area contributed by atoms with Crippen LogP contribution in [0.5, 0.6) is 0 Å². The van der Waals surface area contributed by atoms with Crippen LogP contribution in [0.25, 0.3) is 0 Å². The molecule has 1 amide bonds. The molecule has 0 spiro atoms. The van der Waals surface area contributed by atoms with Crippen LogP contribution in [0.15, 0.2) is 48.5 Å². The molecule has 0 bridgehead atoms. The molecule has 0 saturated heterocycles. The number of anilines is 1. The quantitative estimate of drug-likeness (QED) is 0.697. The summed E-state index contributed by atoms with van der Waals surface area (Å²) in [6, 6.07) is 16.3. The molecule has 1 unspecified atom stereocenters. The van der Waals surface area contributed by atoms with E-state index in [-0.39, 0.29) is 11.4 Å². The van der Waals surface area contributed by atoms with Crippen LogP contribution in [0.1, 0.15) is 41.3 Å². The Morgan fingerprint density at radius 2 is 1.74 bits per heavy atom. The average Bonchev–Trinajstić information content (AvgIpc) is 2.82. The van der Waals surface area contributed by atoms with Crippen LogP contribution in [0.2, 0.25) is 0 Å². The minimum atomic E-state index is -0.239. The second kappa shape index (κ2) is 3.27. The summed E-state index contributed by atoms with van der Waals surface area (Å²) < 4.78 is 0. The van der Waals surface area contributed by atoms with E-state index >= 15 is 0 Å². The van der Waals surface area contributed by atoms with E-state index in [0.717, 1.165) is 16.8 Å². The van der Waals surface area contributed by atoms with E-state index in [1.807, 2.05) is 29.2 Å². The van der Waals surface area contributed by atoms with Gasteiger partial charge in [0.1, 0.15) is 0 Å².